The number of para-hydroxylation sites is 2. The molecule has 0 amide bonds. The van der Waals surface area contributed by atoms with E-state index in [9.17, 15) is 18.8 Å². The van der Waals surface area contributed by atoms with Gasteiger partial charge in [0.15, 0.2) is 5.82 Å². The second-order valence-corrected chi connectivity index (χ2v) is 10.5. The van der Waals surface area contributed by atoms with Crippen LogP contribution >= 0.6 is 0 Å². The number of benzene rings is 2. The van der Waals surface area contributed by atoms with Gasteiger partial charge in [0.25, 0.3) is 0 Å². The minimum atomic E-state index is -3.62. The third-order valence-corrected chi connectivity index (χ3v) is 7.81. The molecule has 3 aromatic rings. The number of aryl methyl sites for hydroxylation is 1. The van der Waals surface area contributed by atoms with Crippen LogP contribution in [0.1, 0.15) is 31.7 Å². The van der Waals surface area contributed by atoms with Gasteiger partial charge in [-0.05, 0) is 54.7 Å². The second-order valence-electron chi connectivity index (χ2n) is 8.61. The summed E-state index contributed by atoms with van der Waals surface area (Å²) in [6.07, 6.45) is 1.02. The Hall–Kier alpha value is -3.15. The predicted molar refractivity (Wildman–Crippen MR) is 124 cm³/mol. The van der Waals surface area contributed by atoms with Crippen LogP contribution in [0.4, 0.5) is 0 Å². The molecule has 32 heavy (non-hydrogen) atoms. The fraction of sp³-hybridized carbons (Fsp3) is 0.333. The summed E-state index contributed by atoms with van der Waals surface area (Å²) in [5.41, 5.74) is 1.94. The third kappa shape index (κ3) is 3.90. The molecule has 1 aliphatic heterocycles. The van der Waals surface area contributed by atoms with Gasteiger partial charge in [-0.1, -0.05) is 26.0 Å². The summed E-state index contributed by atoms with van der Waals surface area (Å²) < 4.78 is 29.5. The van der Waals surface area contributed by atoms with Crippen LogP contribution in [0, 0.1) is 23.2 Å². The maximum absolute atomic E-state index is 13.1. The number of sulfonamides is 1. The minimum Gasteiger partial charge on any atom is -0.506 e. The lowest BCUT2D eigenvalue weighted by Gasteiger charge is -2.34. The van der Waals surface area contributed by atoms with Crippen molar-refractivity contribution in [2.24, 2.45) is 18.9 Å². The summed E-state index contributed by atoms with van der Waals surface area (Å²) in [6, 6.07) is 15.5. The lowest BCUT2D eigenvalue weighted by atomic mass is 9.94. The fourth-order valence-electron chi connectivity index (χ4n) is 4.46. The number of aromatic nitrogens is 2. The van der Waals surface area contributed by atoms with Gasteiger partial charge < -0.3 is 9.67 Å². The quantitative estimate of drug-likeness (QED) is 0.475. The van der Waals surface area contributed by atoms with Crippen LogP contribution < -0.4 is 0 Å². The van der Waals surface area contributed by atoms with Crippen molar-refractivity contribution in [3.63, 3.8) is 0 Å². The molecule has 0 radical (unpaired) electrons. The van der Waals surface area contributed by atoms with Gasteiger partial charge in [-0.15, -0.1) is 0 Å². The number of allylic oxidation sites excluding steroid dienone is 1. The molecule has 2 heterocycles. The minimum absolute atomic E-state index is 0.0259. The van der Waals surface area contributed by atoms with Gasteiger partial charge in [0.05, 0.1) is 15.9 Å². The average Bonchev–Trinajstić information content (AvgIpc) is 3.10. The summed E-state index contributed by atoms with van der Waals surface area (Å²) in [5.74, 6) is 0.729. The van der Waals surface area contributed by atoms with E-state index >= 15 is 0 Å². The number of hydrogen-bond donors (Lipinski definition) is 1. The molecule has 1 aliphatic rings. The van der Waals surface area contributed by atoms with Gasteiger partial charge in [0.2, 0.25) is 10.0 Å². The van der Waals surface area contributed by atoms with Crippen LogP contribution in [0.25, 0.3) is 22.4 Å². The summed E-state index contributed by atoms with van der Waals surface area (Å²) in [4.78, 5) is 4.66. The van der Waals surface area contributed by atoms with E-state index in [0.29, 0.717) is 36.3 Å². The molecule has 2 atom stereocenters. The maximum Gasteiger partial charge on any atom is 0.243 e. The summed E-state index contributed by atoms with van der Waals surface area (Å²) in [6.45, 7) is 5.14. The van der Waals surface area contributed by atoms with Gasteiger partial charge >= 0.3 is 0 Å². The summed E-state index contributed by atoms with van der Waals surface area (Å²) >= 11 is 0. The molecule has 8 heteroatoms. The Kier molecular flexibility index (Phi) is 5.80. The number of aliphatic hydroxyl groups excluding tert-OH is 1. The Bertz CT molecular complexity index is 1320. The van der Waals surface area contributed by atoms with Gasteiger partial charge in [-0.25, -0.2) is 13.4 Å². The molecule has 166 valence electrons. The van der Waals surface area contributed by atoms with Gasteiger partial charge in [0, 0.05) is 25.7 Å². The molecule has 1 fully saturated rings. The second kappa shape index (κ2) is 8.41. The number of rotatable bonds is 4. The van der Waals surface area contributed by atoms with E-state index in [1.807, 2.05) is 30.3 Å². The Morgan fingerprint density at radius 2 is 1.72 bits per heavy atom. The standard InChI is InChI=1S/C24H26N4O3S/c1-16-12-17(2)15-28(14-16)32(30,31)19-10-8-18(9-11-19)23(29)20(13-25)24-26-21-6-4-5-7-22(21)27(24)3/h4-11,16-17,29H,12,14-15H2,1-3H3/b23-20-. The highest BCUT2D eigenvalue weighted by molar-refractivity contribution is 7.89. The van der Waals surface area contributed by atoms with Crippen LogP contribution in [-0.2, 0) is 17.1 Å². The molecule has 1 N–H and O–H groups in total. The van der Waals surface area contributed by atoms with Crippen LogP contribution in [0.5, 0.6) is 0 Å². The van der Waals surface area contributed by atoms with E-state index in [1.54, 1.807) is 11.6 Å². The molecule has 0 spiro atoms. The molecular formula is C24H26N4O3S. The van der Waals surface area contributed by atoms with E-state index in [4.69, 9.17) is 0 Å². The van der Waals surface area contributed by atoms with E-state index < -0.39 is 10.0 Å². The fourth-order valence-corrected chi connectivity index (χ4v) is 6.14. The van der Waals surface area contributed by atoms with Crippen molar-refractivity contribution in [3.05, 3.63) is 59.9 Å². The first-order valence-corrected chi connectivity index (χ1v) is 12.0. The van der Waals surface area contributed by atoms with Crippen molar-refractivity contribution >= 4 is 32.4 Å². The zero-order valence-electron chi connectivity index (χ0n) is 18.4. The van der Waals surface area contributed by atoms with Gasteiger partial charge in [-0.3, -0.25) is 0 Å². The highest BCUT2D eigenvalue weighted by Gasteiger charge is 2.31. The number of nitrogens with zero attached hydrogens (tertiary/aromatic N) is 4. The van der Waals surface area contributed by atoms with E-state index in [2.05, 4.69) is 18.8 Å². The number of nitriles is 1. The highest BCUT2D eigenvalue weighted by Crippen LogP contribution is 2.29. The van der Waals surface area contributed by atoms with E-state index in [-0.39, 0.29) is 16.2 Å². The number of aliphatic hydroxyl groups is 1. The van der Waals surface area contributed by atoms with Gasteiger partial charge in [0.1, 0.15) is 17.4 Å². The Labute approximate surface area is 188 Å². The monoisotopic (exact) mass is 450 g/mol. The molecule has 0 aliphatic carbocycles. The molecule has 2 unspecified atom stereocenters. The first-order valence-electron chi connectivity index (χ1n) is 10.6. The average molecular weight is 451 g/mol. The molecule has 7 nitrogen and oxygen atoms in total. The molecular weight excluding hydrogens is 424 g/mol. The summed E-state index contributed by atoms with van der Waals surface area (Å²) in [7, 11) is -1.83. The smallest absolute Gasteiger partial charge is 0.243 e. The number of piperidine rings is 1. The number of imidazole rings is 1. The third-order valence-electron chi connectivity index (χ3n) is 5.96. The molecule has 4 rings (SSSR count). The van der Waals surface area contributed by atoms with E-state index in [1.165, 1.54) is 28.6 Å². The number of hydrogen-bond acceptors (Lipinski definition) is 5. The topological polar surface area (TPSA) is 99.2 Å². The summed E-state index contributed by atoms with van der Waals surface area (Å²) in [5, 5.41) is 20.6. The van der Waals surface area contributed by atoms with E-state index in [0.717, 1.165) is 17.5 Å². The normalized spacial score (nSPS) is 20.7. The van der Waals surface area contributed by atoms with Crippen LogP contribution in [0.3, 0.4) is 0 Å². The SMILES string of the molecule is CC1CC(C)CN(S(=O)(=O)c2ccc(/C(O)=C(\C#N)c3nc4ccccc4n3C)cc2)C1. The zero-order chi connectivity index (χ0) is 23.0. The molecule has 1 saturated heterocycles. The molecule has 0 saturated carbocycles. The Morgan fingerprint density at radius 3 is 2.31 bits per heavy atom. The van der Waals surface area contributed by atoms with Crippen molar-refractivity contribution in [1.82, 2.24) is 13.9 Å². The first kappa shape index (κ1) is 22.1. The molecule has 0 bridgehead atoms. The van der Waals surface area contributed by atoms with Crippen molar-refractivity contribution in [3.8, 4) is 6.07 Å². The van der Waals surface area contributed by atoms with Crippen LogP contribution in [0.15, 0.2) is 53.4 Å². The van der Waals surface area contributed by atoms with Crippen LogP contribution in [0.2, 0.25) is 0 Å². The first-order chi connectivity index (χ1) is 15.2. The predicted octanol–water partition coefficient (Wildman–Crippen LogP) is 4.19. The lowest BCUT2D eigenvalue weighted by Crippen LogP contribution is -2.42. The molecule has 2 aromatic carbocycles. The van der Waals surface area contributed by atoms with Crippen molar-refractivity contribution < 1.29 is 13.5 Å². The van der Waals surface area contributed by atoms with Crippen molar-refractivity contribution in [1.29, 1.82) is 5.26 Å². The molecule has 1 aromatic heterocycles. The zero-order valence-corrected chi connectivity index (χ0v) is 19.2. The Morgan fingerprint density at radius 1 is 1.09 bits per heavy atom. The largest absolute Gasteiger partial charge is 0.506 e. The Balaban J connectivity index is 1.69. The lowest BCUT2D eigenvalue weighted by molar-refractivity contribution is 0.222. The van der Waals surface area contributed by atoms with Gasteiger partial charge in [-0.2, -0.15) is 9.57 Å². The van der Waals surface area contributed by atoms with Crippen molar-refractivity contribution in [2.45, 2.75) is 25.2 Å². The van der Waals surface area contributed by atoms with Crippen LogP contribution in [-0.4, -0.2) is 40.5 Å². The maximum atomic E-state index is 13.1. The van der Waals surface area contributed by atoms with Crippen molar-refractivity contribution in [2.75, 3.05) is 13.1 Å². The number of fused-ring (bicyclic) bond motifs is 1. The highest BCUT2D eigenvalue weighted by atomic mass is 32.2.